The second-order valence-corrected chi connectivity index (χ2v) is 5.35. The van der Waals surface area contributed by atoms with Crippen molar-refractivity contribution in [2.24, 2.45) is 0 Å². The molecular formula is C15H20N6O. The molecule has 7 heteroatoms. The van der Waals surface area contributed by atoms with Gasteiger partial charge in [0, 0.05) is 32.6 Å². The van der Waals surface area contributed by atoms with Crippen molar-refractivity contribution in [3.63, 3.8) is 0 Å². The minimum atomic E-state index is 0.230. The molecule has 0 bridgehead atoms. The van der Waals surface area contributed by atoms with Crippen LogP contribution in [0.4, 0.5) is 0 Å². The lowest BCUT2D eigenvalue weighted by atomic mass is 10.2. The minimum Gasteiger partial charge on any atom is -0.340 e. The Morgan fingerprint density at radius 3 is 2.55 bits per heavy atom. The number of hydrogen-bond donors (Lipinski definition) is 0. The highest BCUT2D eigenvalue weighted by Crippen LogP contribution is 2.11. The Morgan fingerprint density at radius 1 is 1.14 bits per heavy atom. The summed E-state index contributed by atoms with van der Waals surface area (Å²) in [5.41, 5.74) is 0.960. The van der Waals surface area contributed by atoms with E-state index in [4.69, 9.17) is 0 Å². The van der Waals surface area contributed by atoms with Crippen LogP contribution in [0.3, 0.4) is 0 Å². The topological polar surface area (TPSA) is 67.2 Å². The first-order valence-electron chi connectivity index (χ1n) is 7.60. The van der Waals surface area contributed by atoms with Crippen LogP contribution in [0, 0.1) is 0 Å². The molecule has 1 aliphatic heterocycles. The summed E-state index contributed by atoms with van der Waals surface area (Å²) in [4.78, 5) is 15.9. The van der Waals surface area contributed by atoms with Crippen LogP contribution in [0.2, 0.25) is 0 Å². The summed E-state index contributed by atoms with van der Waals surface area (Å²) in [6.45, 7) is 5.86. The Bertz CT molecular complexity index is 618. The van der Waals surface area contributed by atoms with Crippen LogP contribution < -0.4 is 0 Å². The summed E-state index contributed by atoms with van der Waals surface area (Å²) in [6, 6.07) is 9.87. The number of nitrogens with zero attached hydrogens (tertiary/aromatic N) is 6. The van der Waals surface area contributed by atoms with Gasteiger partial charge in [-0.25, -0.2) is 0 Å². The van der Waals surface area contributed by atoms with E-state index in [1.807, 2.05) is 42.2 Å². The lowest BCUT2D eigenvalue weighted by Crippen LogP contribution is -2.48. The van der Waals surface area contributed by atoms with Gasteiger partial charge in [0.2, 0.25) is 5.91 Å². The molecule has 0 N–H and O–H groups in total. The number of rotatable bonds is 4. The van der Waals surface area contributed by atoms with E-state index in [2.05, 4.69) is 20.4 Å². The number of piperazine rings is 1. The predicted octanol–water partition coefficient (Wildman–Crippen LogP) is 0.716. The number of benzene rings is 1. The normalized spacial score (nSPS) is 16.0. The molecule has 1 amide bonds. The maximum atomic E-state index is 11.7. The third-order valence-electron chi connectivity index (χ3n) is 3.93. The second-order valence-electron chi connectivity index (χ2n) is 5.35. The van der Waals surface area contributed by atoms with Crippen molar-refractivity contribution in [2.75, 3.05) is 26.2 Å². The molecule has 1 saturated heterocycles. The van der Waals surface area contributed by atoms with Crippen molar-refractivity contribution in [1.82, 2.24) is 30.0 Å². The summed E-state index contributed by atoms with van der Waals surface area (Å²) >= 11 is 0. The van der Waals surface area contributed by atoms with Gasteiger partial charge in [-0.15, -0.1) is 5.10 Å². The zero-order chi connectivity index (χ0) is 15.4. The van der Waals surface area contributed by atoms with Crippen LogP contribution in [0.25, 0.3) is 5.69 Å². The zero-order valence-electron chi connectivity index (χ0n) is 12.7. The van der Waals surface area contributed by atoms with Crippen LogP contribution in [0.5, 0.6) is 0 Å². The van der Waals surface area contributed by atoms with Crippen LogP contribution in [0.15, 0.2) is 30.3 Å². The van der Waals surface area contributed by atoms with Gasteiger partial charge in [0.1, 0.15) is 0 Å². The molecule has 2 heterocycles. The number of amides is 1. The van der Waals surface area contributed by atoms with E-state index in [1.165, 1.54) is 0 Å². The van der Waals surface area contributed by atoms with E-state index in [-0.39, 0.29) is 5.91 Å². The van der Waals surface area contributed by atoms with Gasteiger partial charge in [-0.1, -0.05) is 25.1 Å². The lowest BCUT2D eigenvalue weighted by molar-refractivity contribution is -0.132. The first-order chi connectivity index (χ1) is 10.8. The molecule has 0 atom stereocenters. The summed E-state index contributed by atoms with van der Waals surface area (Å²) in [5.74, 6) is 1.05. The number of carbonyl (C=O) groups is 1. The number of hydrogen-bond acceptors (Lipinski definition) is 5. The molecule has 0 unspecified atom stereocenters. The third kappa shape index (κ3) is 3.14. The van der Waals surface area contributed by atoms with Gasteiger partial charge in [-0.05, 0) is 22.6 Å². The lowest BCUT2D eigenvalue weighted by Gasteiger charge is -2.34. The molecule has 116 valence electrons. The van der Waals surface area contributed by atoms with E-state index < -0.39 is 0 Å². The van der Waals surface area contributed by atoms with Crippen LogP contribution in [-0.4, -0.2) is 62.1 Å². The SMILES string of the molecule is CCC(=O)N1CCN(Cc2nnnn2-c2ccccc2)CC1. The third-order valence-corrected chi connectivity index (χ3v) is 3.93. The van der Waals surface area contributed by atoms with Gasteiger partial charge in [0.05, 0.1) is 12.2 Å². The van der Waals surface area contributed by atoms with Gasteiger partial charge in [0.15, 0.2) is 5.82 Å². The minimum absolute atomic E-state index is 0.230. The number of para-hydroxylation sites is 1. The molecule has 0 aliphatic carbocycles. The highest BCUT2D eigenvalue weighted by Gasteiger charge is 2.21. The summed E-state index contributed by atoms with van der Waals surface area (Å²) in [7, 11) is 0. The monoisotopic (exact) mass is 300 g/mol. The first kappa shape index (κ1) is 14.6. The molecular weight excluding hydrogens is 280 g/mol. The van der Waals surface area contributed by atoms with E-state index in [1.54, 1.807) is 4.68 Å². The highest BCUT2D eigenvalue weighted by molar-refractivity contribution is 5.75. The second kappa shape index (κ2) is 6.65. The predicted molar refractivity (Wildman–Crippen MR) is 81.3 cm³/mol. The van der Waals surface area contributed by atoms with E-state index in [0.29, 0.717) is 13.0 Å². The Hall–Kier alpha value is -2.28. The fourth-order valence-corrected chi connectivity index (χ4v) is 2.65. The van der Waals surface area contributed by atoms with Crippen LogP contribution >= 0.6 is 0 Å². The van der Waals surface area contributed by atoms with Crippen molar-refractivity contribution in [3.05, 3.63) is 36.2 Å². The number of aromatic nitrogens is 4. The molecule has 22 heavy (non-hydrogen) atoms. The summed E-state index contributed by atoms with van der Waals surface area (Å²) < 4.78 is 1.77. The summed E-state index contributed by atoms with van der Waals surface area (Å²) in [6.07, 6.45) is 0.576. The van der Waals surface area contributed by atoms with E-state index >= 15 is 0 Å². The molecule has 1 aromatic carbocycles. The molecule has 0 spiro atoms. The standard InChI is InChI=1S/C15H20N6O/c1-2-15(22)20-10-8-19(9-11-20)12-14-16-17-18-21(14)13-6-4-3-5-7-13/h3-7H,2,8-12H2,1H3. The quantitative estimate of drug-likeness (QED) is 0.832. The largest absolute Gasteiger partial charge is 0.340 e. The van der Waals surface area contributed by atoms with Gasteiger partial charge >= 0.3 is 0 Å². The van der Waals surface area contributed by atoms with E-state index in [0.717, 1.165) is 37.7 Å². The van der Waals surface area contributed by atoms with Crippen molar-refractivity contribution in [2.45, 2.75) is 19.9 Å². The average molecular weight is 300 g/mol. The molecule has 2 aromatic rings. The zero-order valence-corrected chi connectivity index (χ0v) is 12.7. The Kier molecular flexibility index (Phi) is 4.43. The van der Waals surface area contributed by atoms with E-state index in [9.17, 15) is 4.79 Å². The van der Waals surface area contributed by atoms with Gasteiger partial charge < -0.3 is 4.90 Å². The fraction of sp³-hybridized carbons (Fsp3) is 0.467. The van der Waals surface area contributed by atoms with Gasteiger partial charge in [-0.2, -0.15) is 4.68 Å². The van der Waals surface area contributed by atoms with Crippen LogP contribution in [-0.2, 0) is 11.3 Å². The molecule has 7 nitrogen and oxygen atoms in total. The van der Waals surface area contributed by atoms with Crippen molar-refractivity contribution < 1.29 is 4.79 Å². The molecule has 1 aliphatic rings. The number of tetrazole rings is 1. The molecule has 0 radical (unpaired) electrons. The van der Waals surface area contributed by atoms with Gasteiger partial charge in [-0.3, -0.25) is 9.69 Å². The van der Waals surface area contributed by atoms with Crippen LogP contribution in [0.1, 0.15) is 19.2 Å². The first-order valence-corrected chi connectivity index (χ1v) is 7.60. The van der Waals surface area contributed by atoms with Crippen molar-refractivity contribution in [1.29, 1.82) is 0 Å². The molecule has 3 rings (SSSR count). The maximum Gasteiger partial charge on any atom is 0.222 e. The highest BCUT2D eigenvalue weighted by atomic mass is 16.2. The van der Waals surface area contributed by atoms with Crippen molar-refractivity contribution >= 4 is 5.91 Å². The summed E-state index contributed by atoms with van der Waals surface area (Å²) in [5, 5.41) is 12.0. The molecule has 1 fully saturated rings. The maximum absolute atomic E-state index is 11.7. The fourth-order valence-electron chi connectivity index (χ4n) is 2.65. The Balaban J connectivity index is 1.64. The Labute approximate surface area is 129 Å². The van der Waals surface area contributed by atoms with Gasteiger partial charge in [0.25, 0.3) is 0 Å². The molecule has 1 aromatic heterocycles. The smallest absolute Gasteiger partial charge is 0.222 e. The molecule has 0 saturated carbocycles. The number of carbonyl (C=O) groups excluding carboxylic acids is 1. The Morgan fingerprint density at radius 2 is 1.86 bits per heavy atom. The average Bonchev–Trinajstić information content (AvgIpc) is 3.04. The van der Waals surface area contributed by atoms with Crippen molar-refractivity contribution in [3.8, 4) is 5.69 Å².